The molecule has 2 saturated heterocycles. The number of nitrogens with two attached hydrogens (primary N) is 1. The van der Waals surface area contributed by atoms with Crippen molar-refractivity contribution < 1.29 is 4.79 Å². The van der Waals surface area contributed by atoms with E-state index >= 15 is 0 Å². The van der Waals surface area contributed by atoms with E-state index in [4.69, 9.17) is 5.73 Å². The molecule has 2 bridgehead atoms. The number of piperidine rings is 1. The van der Waals surface area contributed by atoms with Crippen molar-refractivity contribution in [3.05, 3.63) is 40.2 Å². The molecule has 6 heterocycles. The summed E-state index contributed by atoms with van der Waals surface area (Å²) in [5.41, 5.74) is 12.7. The second-order valence-corrected chi connectivity index (χ2v) is 11.5. The van der Waals surface area contributed by atoms with E-state index in [9.17, 15) is 4.79 Å². The molecule has 2 aliphatic heterocycles. The Morgan fingerprint density at radius 1 is 1.26 bits per heavy atom. The Hall–Kier alpha value is -2.71. The lowest BCUT2D eigenvalue weighted by atomic mass is 9.87. The number of primary amides is 1. The summed E-state index contributed by atoms with van der Waals surface area (Å²) >= 11 is 1.93. The normalized spacial score (nSPS) is 23.0. The van der Waals surface area contributed by atoms with E-state index < -0.39 is 0 Å². The number of nitrogens with one attached hydrogen (secondary N) is 1. The molecule has 178 valence electrons. The molecular weight excluding hydrogens is 444 g/mol. The van der Waals surface area contributed by atoms with E-state index in [1.54, 1.807) is 6.33 Å². The van der Waals surface area contributed by atoms with Crippen molar-refractivity contribution in [2.24, 2.45) is 5.73 Å². The fraction of sp³-hybridized carbons (Fsp3) is 0.500. The van der Waals surface area contributed by atoms with Crippen LogP contribution in [0.5, 0.6) is 0 Å². The predicted molar refractivity (Wildman–Crippen MR) is 136 cm³/mol. The van der Waals surface area contributed by atoms with Crippen LogP contribution in [0.15, 0.2) is 18.6 Å². The SMILES string of the molecule is Cc1c(C2CC3CCC(C2)N3CC(N)=O)sc2[nH]c(-c3cc(C)c4ncnn4c3)c(C(C)C)c12. The fourth-order valence-corrected chi connectivity index (χ4v) is 7.95. The second-order valence-electron chi connectivity index (χ2n) is 10.5. The van der Waals surface area contributed by atoms with E-state index in [0.717, 1.165) is 29.6 Å². The zero-order valence-corrected chi connectivity index (χ0v) is 21.1. The monoisotopic (exact) mass is 476 g/mol. The van der Waals surface area contributed by atoms with Gasteiger partial charge in [0, 0.05) is 34.1 Å². The standard InChI is InChI=1S/C26H32N6OS/c1-13(2)21-22-15(4)24(16-8-18-5-6-19(9-16)31(18)11-20(27)33)34-26(22)30-23(21)17-7-14(3)25-28-12-29-32(25)10-17/h7,10,12-13,16,18-19,30H,5-6,8-9,11H2,1-4H3,(H2,27,33). The third kappa shape index (κ3) is 3.30. The quantitative estimate of drug-likeness (QED) is 0.430. The molecule has 0 aliphatic carbocycles. The van der Waals surface area contributed by atoms with Gasteiger partial charge in [-0.3, -0.25) is 9.69 Å². The van der Waals surface area contributed by atoms with Crippen molar-refractivity contribution in [3.63, 3.8) is 0 Å². The zero-order chi connectivity index (χ0) is 23.7. The minimum absolute atomic E-state index is 0.204. The number of fused-ring (bicyclic) bond motifs is 4. The van der Waals surface area contributed by atoms with Gasteiger partial charge in [-0.1, -0.05) is 13.8 Å². The van der Waals surface area contributed by atoms with Crippen LogP contribution >= 0.6 is 11.3 Å². The summed E-state index contributed by atoms with van der Waals surface area (Å²) in [5.74, 6) is 0.749. The summed E-state index contributed by atoms with van der Waals surface area (Å²) in [6.07, 6.45) is 8.31. The van der Waals surface area contributed by atoms with Crippen molar-refractivity contribution in [2.75, 3.05) is 6.54 Å². The molecule has 2 atom stereocenters. The summed E-state index contributed by atoms with van der Waals surface area (Å²) in [6, 6.07) is 3.18. The first-order valence-electron chi connectivity index (χ1n) is 12.3. The van der Waals surface area contributed by atoms with E-state index in [-0.39, 0.29) is 5.91 Å². The van der Waals surface area contributed by atoms with Gasteiger partial charge in [-0.2, -0.15) is 5.10 Å². The first kappa shape index (κ1) is 21.8. The number of aryl methyl sites for hydroxylation is 2. The highest BCUT2D eigenvalue weighted by Crippen LogP contribution is 2.49. The van der Waals surface area contributed by atoms with Crippen molar-refractivity contribution in [1.82, 2.24) is 24.5 Å². The lowest BCUT2D eigenvalue weighted by molar-refractivity contribution is -0.120. The number of carbonyl (C=O) groups excluding carboxylic acids is 1. The third-order valence-corrected chi connectivity index (χ3v) is 9.35. The Morgan fingerprint density at radius 2 is 2.00 bits per heavy atom. The van der Waals surface area contributed by atoms with Crippen LogP contribution in [0.4, 0.5) is 0 Å². The van der Waals surface area contributed by atoms with Crippen LogP contribution in [-0.2, 0) is 4.79 Å². The average molecular weight is 477 g/mol. The van der Waals surface area contributed by atoms with Gasteiger partial charge in [0.1, 0.15) is 11.2 Å². The Bertz CT molecular complexity index is 1400. The van der Waals surface area contributed by atoms with E-state index in [2.05, 4.69) is 59.9 Å². The molecule has 2 unspecified atom stereocenters. The number of pyridine rings is 1. The number of carbonyl (C=O) groups is 1. The number of thiophene rings is 1. The van der Waals surface area contributed by atoms with Gasteiger partial charge < -0.3 is 10.7 Å². The molecule has 34 heavy (non-hydrogen) atoms. The largest absolute Gasteiger partial charge is 0.369 e. The number of amides is 1. The summed E-state index contributed by atoms with van der Waals surface area (Å²) in [5, 5.41) is 5.78. The topological polar surface area (TPSA) is 92.3 Å². The number of aromatic nitrogens is 4. The number of rotatable bonds is 5. The number of H-pyrrole nitrogens is 1. The minimum Gasteiger partial charge on any atom is -0.369 e. The third-order valence-electron chi connectivity index (χ3n) is 7.98. The molecule has 4 aromatic rings. The highest BCUT2D eigenvalue weighted by Gasteiger charge is 2.42. The van der Waals surface area contributed by atoms with Crippen molar-refractivity contribution in [1.29, 1.82) is 0 Å². The Kier molecular flexibility index (Phi) is 5.08. The van der Waals surface area contributed by atoms with Crippen LogP contribution in [0.3, 0.4) is 0 Å². The van der Waals surface area contributed by atoms with Crippen molar-refractivity contribution >= 4 is 33.1 Å². The van der Waals surface area contributed by atoms with Crippen LogP contribution < -0.4 is 5.73 Å². The van der Waals surface area contributed by atoms with Gasteiger partial charge in [-0.05, 0) is 74.1 Å². The van der Waals surface area contributed by atoms with Gasteiger partial charge in [-0.15, -0.1) is 11.3 Å². The Balaban J connectivity index is 1.40. The summed E-state index contributed by atoms with van der Waals surface area (Å²) in [7, 11) is 0. The molecule has 4 aromatic heterocycles. The maximum atomic E-state index is 11.6. The summed E-state index contributed by atoms with van der Waals surface area (Å²) in [4.78, 5) is 24.9. The number of nitrogens with zero attached hydrogens (tertiary/aromatic N) is 4. The Morgan fingerprint density at radius 3 is 2.68 bits per heavy atom. The highest BCUT2D eigenvalue weighted by molar-refractivity contribution is 7.19. The number of hydrogen-bond donors (Lipinski definition) is 2. The van der Waals surface area contributed by atoms with E-state index in [1.165, 1.54) is 44.8 Å². The molecule has 2 fully saturated rings. The summed E-state index contributed by atoms with van der Waals surface area (Å²) in [6.45, 7) is 9.37. The van der Waals surface area contributed by atoms with Crippen LogP contribution in [-0.4, -0.2) is 49.0 Å². The van der Waals surface area contributed by atoms with Gasteiger partial charge in [0.2, 0.25) is 5.91 Å². The zero-order valence-electron chi connectivity index (χ0n) is 20.3. The Labute approximate surface area is 203 Å². The average Bonchev–Trinajstić information content (AvgIpc) is 3.51. The molecule has 3 N–H and O–H groups in total. The smallest absolute Gasteiger partial charge is 0.231 e. The van der Waals surface area contributed by atoms with Crippen LogP contribution in [0.2, 0.25) is 0 Å². The van der Waals surface area contributed by atoms with Gasteiger partial charge in [0.05, 0.1) is 12.2 Å². The maximum Gasteiger partial charge on any atom is 0.231 e. The second kappa shape index (κ2) is 7.92. The molecule has 0 aromatic carbocycles. The van der Waals surface area contributed by atoms with E-state index in [0.29, 0.717) is 30.5 Å². The first-order valence-corrected chi connectivity index (χ1v) is 13.1. The van der Waals surface area contributed by atoms with Crippen LogP contribution in [0.1, 0.15) is 72.9 Å². The maximum absolute atomic E-state index is 11.6. The van der Waals surface area contributed by atoms with Gasteiger partial charge in [0.15, 0.2) is 5.65 Å². The van der Waals surface area contributed by atoms with Gasteiger partial charge in [0.25, 0.3) is 0 Å². The highest BCUT2D eigenvalue weighted by atomic mass is 32.1. The van der Waals surface area contributed by atoms with Crippen molar-refractivity contribution in [2.45, 2.75) is 77.3 Å². The lowest BCUT2D eigenvalue weighted by Gasteiger charge is -2.38. The van der Waals surface area contributed by atoms with Crippen molar-refractivity contribution in [3.8, 4) is 11.3 Å². The van der Waals surface area contributed by atoms with Crippen LogP contribution in [0.25, 0.3) is 27.1 Å². The van der Waals surface area contributed by atoms with Gasteiger partial charge >= 0.3 is 0 Å². The van der Waals surface area contributed by atoms with E-state index in [1.807, 2.05) is 15.9 Å². The molecule has 2 aliphatic rings. The fourth-order valence-electron chi connectivity index (χ4n) is 6.60. The number of aromatic amines is 1. The molecule has 6 rings (SSSR count). The van der Waals surface area contributed by atoms with Crippen LogP contribution in [0, 0.1) is 13.8 Å². The molecule has 0 radical (unpaired) electrons. The molecule has 0 saturated carbocycles. The molecular formula is C26H32N6OS. The predicted octanol–water partition coefficient (Wildman–Crippen LogP) is 4.88. The molecule has 7 nitrogen and oxygen atoms in total. The lowest BCUT2D eigenvalue weighted by Crippen LogP contribution is -2.46. The summed E-state index contributed by atoms with van der Waals surface area (Å²) < 4.78 is 1.87. The molecule has 1 amide bonds. The minimum atomic E-state index is -0.204. The first-order chi connectivity index (χ1) is 16.3. The van der Waals surface area contributed by atoms with Gasteiger partial charge in [-0.25, -0.2) is 9.50 Å². The number of hydrogen-bond acceptors (Lipinski definition) is 5. The molecule has 8 heteroatoms. The molecule has 0 spiro atoms.